The second-order valence-corrected chi connectivity index (χ2v) is 10.5. The van der Waals surface area contributed by atoms with Crippen molar-refractivity contribution in [3.05, 3.63) is 53.6 Å². The van der Waals surface area contributed by atoms with Gasteiger partial charge in [-0.25, -0.2) is 4.99 Å². The van der Waals surface area contributed by atoms with Crippen LogP contribution in [0.1, 0.15) is 30.4 Å². The number of guanidine groups is 1. The van der Waals surface area contributed by atoms with Crippen LogP contribution in [0.15, 0.2) is 47.5 Å². The van der Waals surface area contributed by atoms with Gasteiger partial charge in [0.05, 0.1) is 12.8 Å². The molecule has 1 atom stereocenters. The third-order valence-corrected chi connectivity index (χ3v) is 7.41. The molecule has 0 aliphatic carbocycles. The molecule has 0 bridgehead atoms. The molecule has 8 heteroatoms. The van der Waals surface area contributed by atoms with Gasteiger partial charge in [0.1, 0.15) is 11.4 Å². The molecule has 4 N–H and O–H groups in total. The number of nitrogens with one attached hydrogen (secondary N) is 2. The van der Waals surface area contributed by atoms with Gasteiger partial charge in [-0.2, -0.15) is 0 Å². The van der Waals surface area contributed by atoms with Gasteiger partial charge in [-0.05, 0) is 71.2 Å². The van der Waals surface area contributed by atoms with E-state index in [4.69, 9.17) is 15.5 Å². The zero-order valence-corrected chi connectivity index (χ0v) is 22.6. The number of hydrogen-bond donors (Lipinski definition) is 3. The topological polar surface area (TPSA) is 81.4 Å². The molecule has 2 aliphatic heterocycles. The first-order valence-electron chi connectivity index (χ1n) is 13.0. The summed E-state index contributed by atoms with van der Waals surface area (Å²) < 4.78 is 5.71. The predicted octanol–water partition coefficient (Wildman–Crippen LogP) is 2.92. The Bertz CT molecular complexity index is 1050. The van der Waals surface area contributed by atoms with Crippen LogP contribution in [0.4, 0.5) is 11.4 Å². The molecule has 1 saturated heterocycles. The maximum atomic E-state index is 7.21. The number of nitrogens with zero attached hydrogens (tertiary/aromatic N) is 4. The van der Waals surface area contributed by atoms with E-state index in [-0.39, 0.29) is 0 Å². The molecule has 2 aromatic carbocycles. The van der Waals surface area contributed by atoms with E-state index >= 15 is 0 Å². The number of fused-ring (bicyclic) bond motifs is 1. The van der Waals surface area contributed by atoms with Gasteiger partial charge in [0.2, 0.25) is 0 Å². The Morgan fingerprint density at radius 3 is 2.56 bits per heavy atom. The van der Waals surface area contributed by atoms with E-state index in [1.54, 1.807) is 7.11 Å². The summed E-state index contributed by atoms with van der Waals surface area (Å²) in [6, 6.07) is 14.6. The number of ether oxygens (including phenoxy) is 1. The Morgan fingerprint density at radius 1 is 1.11 bits per heavy atom. The van der Waals surface area contributed by atoms with Crippen molar-refractivity contribution in [2.45, 2.75) is 31.5 Å². The number of aliphatic imine (C=N–C) groups is 1. The van der Waals surface area contributed by atoms with Crippen molar-refractivity contribution < 1.29 is 4.74 Å². The normalized spacial score (nSPS) is 20.5. The lowest BCUT2D eigenvalue weighted by molar-refractivity contribution is 0.113. The van der Waals surface area contributed by atoms with Gasteiger partial charge >= 0.3 is 0 Å². The van der Waals surface area contributed by atoms with Crippen molar-refractivity contribution in [1.29, 1.82) is 0 Å². The number of nitrogens with two attached hydrogens (primary N) is 1. The Hall–Kier alpha value is -2.81. The minimum atomic E-state index is -0.645. The average molecular weight is 494 g/mol. The van der Waals surface area contributed by atoms with Crippen LogP contribution in [-0.4, -0.2) is 77.2 Å². The number of hydrogen-bond acceptors (Lipinski definition) is 8. The van der Waals surface area contributed by atoms with Crippen LogP contribution < -0.4 is 26.0 Å². The number of rotatable bonds is 9. The first kappa shape index (κ1) is 26.3. The monoisotopic (exact) mass is 493 g/mol. The number of methoxy groups -OCH3 is 1. The lowest BCUT2D eigenvalue weighted by atomic mass is 9.79. The summed E-state index contributed by atoms with van der Waals surface area (Å²) in [6.45, 7) is 4.73. The molecular formula is C28H43N7O. The van der Waals surface area contributed by atoms with Crippen LogP contribution in [0.3, 0.4) is 0 Å². The molecule has 2 heterocycles. The highest BCUT2D eigenvalue weighted by atomic mass is 16.5. The average Bonchev–Trinajstić information content (AvgIpc) is 2.87. The van der Waals surface area contributed by atoms with E-state index < -0.39 is 5.66 Å². The van der Waals surface area contributed by atoms with Gasteiger partial charge in [0.25, 0.3) is 0 Å². The molecule has 8 nitrogen and oxygen atoms in total. The first-order chi connectivity index (χ1) is 17.3. The van der Waals surface area contributed by atoms with E-state index in [1.165, 1.54) is 11.3 Å². The third kappa shape index (κ3) is 5.77. The molecule has 2 aromatic rings. The standard InChI is InChI=1S/C28H43N7O/c1-33(2)17-9-16-30-27-31-24-11-7-6-10-23(24)28(29,32-27)21-14-18-35(19-15-21)20-22-25(34(3)4)12-8-13-26(22)36-5/h6-8,10-13,21H,9,14-20,29H2,1-5H3,(H2,30,31,32). The van der Waals surface area contributed by atoms with Crippen molar-refractivity contribution in [2.75, 3.05) is 66.4 Å². The van der Waals surface area contributed by atoms with E-state index in [9.17, 15) is 0 Å². The molecule has 0 amide bonds. The van der Waals surface area contributed by atoms with Gasteiger partial charge in [-0.3, -0.25) is 4.90 Å². The van der Waals surface area contributed by atoms with Crippen molar-refractivity contribution in [3.63, 3.8) is 0 Å². The summed E-state index contributed by atoms with van der Waals surface area (Å²) in [5.74, 6) is 2.03. The number of piperidine rings is 1. The van der Waals surface area contributed by atoms with Crippen LogP contribution >= 0.6 is 0 Å². The fourth-order valence-corrected chi connectivity index (χ4v) is 5.43. The number of benzene rings is 2. The van der Waals surface area contributed by atoms with Crippen LogP contribution in [0, 0.1) is 5.92 Å². The minimum absolute atomic E-state index is 0.301. The largest absolute Gasteiger partial charge is 0.496 e. The van der Waals surface area contributed by atoms with Crippen LogP contribution in [0.25, 0.3) is 0 Å². The van der Waals surface area contributed by atoms with E-state index in [2.05, 4.69) is 89.9 Å². The Labute approximate surface area is 216 Å². The molecule has 1 unspecified atom stereocenters. The minimum Gasteiger partial charge on any atom is -0.496 e. The highest BCUT2D eigenvalue weighted by molar-refractivity contribution is 5.86. The first-order valence-corrected chi connectivity index (χ1v) is 13.0. The fraction of sp³-hybridized carbons (Fsp3) is 0.536. The van der Waals surface area contributed by atoms with Crippen molar-refractivity contribution >= 4 is 17.3 Å². The van der Waals surface area contributed by atoms with Crippen LogP contribution in [0.5, 0.6) is 5.75 Å². The molecular weight excluding hydrogens is 450 g/mol. The number of para-hydroxylation sites is 1. The van der Waals surface area contributed by atoms with E-state index in [0.717, 1.165) is 74.9 Å². The molecule has 4 rings (SSSR count). The second kappa shape index (κ2) is 11.5. The summed E-state index contributed by atoms with van der Waals surface area (Å²) in [6.07, 6.45) is 3.07. The van der Waals surface area contributed by atoms with Gasteiger partial charge < -0.3 is 30.9 Å². The smallest absolute Gasteiger partial charge is 0.198 e. The molecule has 1 fully saturated rings. The number of anilines is 1. The second-order valence-electron chi connectivity index (χ2n) is 10.5. The Balaban J connectivity index is 1.45. The summed E-state index contributed by atoms with van der Waals surface area (Å²) in [5, 5.41) is 7.09. The van der Waals surface area contributed by atoms with Crippen LogP contribution in [-0.2, 0) is 12.2 Å². The van der Waals surface area contributed by atoms with Gasteiger partial charge in [0.15, 0.2) is 5.96 Å². The summed E-state index contributed by atoms with van der Waals surface area (Å²) in [4.78, 5) is 11.7. The zero-order chi connectivity index (χ0) is 25.7. The van der Waals surface area contributed by atoms with Gasteiger partial charge in [0, 0.05) is 49.9 Å². The Morgan fingerprint density at radius 2 is 1.86 bits per heavy atom. The highest BCUT2D eigenvalue weighted by Gasteiger charge is 2.42. The maximum absolute atomic E-state index is 7.21. The third-order valence-electron chi connectivity index (χ3n) is 7.41. The zero-order valence-electron chi connectivity index (χ0n) is 22.6. The SMILES string of the molecule is COc1cccc(N(C)C)c1CN1CCC(C2(N)NC(NCCCN(C)C)=Nc3ccccc32)CC1. The summed E-state index contributed by atoms with van der Waals surface area (Å²) in [7, 11) is 10.1. The van der Waals surface area contributed by atoms with Gasteiger partial charge in [-0.15, -0.1) is 0 Å². The molecule has 0 aromatic heterocycles. The van der Waals surface area contributed by atoms with E-state index in [0.29, 0.717) is 5.92 Å². The highest BCUT2D eigenvalue weighted by Crippen LogP contribution is 2.40. The van der Waals surface area contributed by atoms with Gasteiger partial charge in [-0.1, -0.05) is 24.3 Å². The molecule has 0 spiro atoms. The molecule has 2 aliphatic rings. The summed E-state index contributed by atoms with van der Waals surface area (Å²) >= 11 is 0. The fourth-order valence-electron chi connectivity index (χ4n) is 5.43. The molecule has 0 saturated carbocycles. The molecule has 36 heavy (non-hydrogen) atoms. The molecule has 0 radical (unpaired) electrons. The maximum Gasteiger partial charge on any atom is 0.198 e. The quantitative estimate of drug-likeness (QED) is 0.464. The van der Waals surface area contributed by atoms with Crippen molar-refractivity contribution in [2.24, 2.45) is 16.6 Å². The van der Waals surface area contributed by atoms with Crippen LogP contribution in [0.2, 0.25) is 0 Å². The lowest BCUT2D eigenvalue weighted by Gasteiger charge is -2.45. The van der Waals surface area contributed by atoms with Crippen molar-refractivity contribution in [3.8, 4) is 5.75 Å². The summed E-state index contributed by atoms with van der Waals surface area (Å²) in [5.41, 5.74) is 11.1. The molecule has 196 valence electrons. The van der Waals surface area contributed by atoms with Crippen molar-refractivity contribution in [1.82, 2.24) is 20.4 Å². The van der Waals surface area contributed by atoms with E-state index in [1.807, 2.05) is 6.07 Å². The number of likely N-dealkylation sites (tertiary alicyclic amines) is 1. The predicted molar refractivity (Wildman–Crippen MR) is 149 cm³/mol. The lowest BCUT2D eigenvalue weighted by Crippen LogP contribution is -2.63. The Kier molecular flexibility index (Phi) is 8.39.